The number of fused-ring (bicyclic) bond motifs is 1. The number of amides is 1. The summed E-state index contributed by atoms with van der Waals surface area (Å²) in [6.45, 7) is 3.53. The van der Waals surface area contributed by atoms with Gasteiger partial charge in [-0.1, -0.05) is 0 Å². The molecule has 0 bridgehead atoms. The Kier molecular flexibility index (Phi) is 5.27. The molecule has 2 fully saturated rings. The van der Waals surface area contributed by atoms with Gasteiger partial charge in [0, 0.05) is 44.9 Å². The number of likely N-dealkylation sites (tertiary alicyclic amines) is 1. The lowest BCUT2D eigenvalue weighted by atomic mass is 9.73. The summed E-state index contributed by atoms with van der Waals surface area (Å²) in [5.41, 5.74) is 0.428. The van der Waals surface area contributed by atoms with Crippen LogP contribution in [0.4, 0.5) is 0 Å². The van der Waals surface area contributed by atoms with E-state index < -0.39 is 5.41 Å². The molecule has 2 aliphatic heterocycles. The summed E-state index contributed by atoms with van der Waals surface area (Å²) in [5.74, 6) is 0.182. The summed E-state index contributed by atoms with van der Waals surface area (Å²) >= 11 is 0. The molecule has 0 spiro atoms. The van der Waals surface area contributed by atoms with Crippen molar-refractivity contribution in [3.05, 3.63) is 18.0 Å². The summed E-state index contributed by atoms with van der Waals surface area (Å²) in [5, 5.41) is 11.8. The molecule has 1 aromatic rings. The molecular weight excluding hydrogens is 312 g/mol. The van der Waals surface area contributed by atoms with Crippen molar-refractivity contribution in [3.63, 3.8) is 0 Å². The summed E-state index contributed by atoms with van der Waals surface area (Å²) in [6.07, 6.45) is 2.38. The Hall–Kier alpha value is -1.77. The number of nitrogens with zero attached hydrogens (tertiary/aromatic N) is 3. The van der Waals surface area contributed by atoms with Gasteiger partial charge >= 0.3 is 6.01 Å². The topological polar surface area (TPSA) is 96.8 Å². The Labute approximate surface area is 141 Å². The van der Waals surface area contributed by atoms with E-state index >= 15 is 0 Å². The normalized spacial score (nSPS) is 26.8. The minimum absolute atomic E-state index is 0.0209. The summed E-state index contributed by atoms with van der Waals surface area (Å²) < 4.78 is 10.7. The largest absolute Gasteiger partial charge is 0.467 e. The average molecular weight is 336 g/mol. The third-order valence-corrected chi connectivity index (χ3v) is 4.89. The lowest BCUT2D eigenvalue weighted by molar-refractivity contribution is -0.139. The fourth-order valence-electron chi connectivity index (χ4n) is 3.68. The van der Waals surface area contributed by atoms with Crippen LogP contribution in [0.5, 0.6) is 6.01 Å². The highest BCUT2D eigenvalue weighted by Crippen LogP contribution is 2.42. The number of rotatable bonds is 6. The number of ether oxygens (including phenoxy) is 2. The minimum Gasteiger partial charge on any atom is -0.467 e. The van der Waals surface area contributed by atoms with E-state index in [2.05, 4.69) is 20.2 Å². The Morgan fingerprint density at radius 3 is 3.29 bits per heavy atom. The highest BCUT2D eigenvalue weighted by molar-refractivity contribution is 5.83. The zero-order chi connectivity index (χ0) is 17.0. The van der Waals surface area contributed by atoms with E-state index in [1.54, 1.807) is 13.3 Å². The van der Waals surface area contributed by atoms with Crippen LogP contribution in [-0.2, 0) is 16.1 Å². The van der Waals surface area contributed by atoms with E-state index in [-0.39, 0.29) is 25.0 Å². The van der Waals surface area contributed by atoms with E-state index in [0.29, 0.717) is 38.7 Å². The van der Waals surface area contributed by atoms with Gasteiger partial charge in [0.25, 0.3) is 0 Å². The van der Waals surface area contributed by atoms with Crippen molar-refractivity contribution in [2.45, 2.75) is 13.0 Å². The van der Waals surface area contributed by atoms with Gasteiger partial charge in [-0.05, 0) is 12.5 Å². The number of aliphatic hydroxyl groups is 1. The highest BCUT2D eigenvalue weighted by Gasteiger charge is 2.53. The Morgan fingerprint density at radius 1 is 1.62 bits per heavy atom. The smallest absolute Gasteiger partial charge is 0.316 e. The van der Waals surface area contributed by atoms with Gasteiger partial charge in [-0.2, -0.15) is 4.98 Å². The third kappa shape index (κ3) is 3.35. The lowest BCUT2D eigenvalue weighted by Gasteiger charge is -2.36. The molecule has 2 aliphatic rings. The fourth-order valence-corrected chi connectivity index (χ4v) is 3.68. The first-order valence-corrected chi connectivity index (χ1v) is 8.23. The minimum atomic E-state index is -0.440. The first-order valence-electron chi connectivity index (χ1n) is 8.23. The predicted molar refractivity (Wildman–Crippen MR) is 85.3 cm³/mol. The molecule has 8 heteroatoms. The van der Waals surface area contributed by atoms with Crippen molar-refractivity contribution in [1.29, 1.82) is 0 Å². The van der Waals surface area contributed by atoms with E-state index in [1.807, 2.05) is 6.07 Å². The molecule has 0 saturated carbocycles. The molecule has 0 aliphatic carbocycles. The molecule has 3 rings (SSSR count). The van der Waals surface area contributed by atoms with Gasteiger partial charge in [-0.15, -0.1) is 0 Å². The number of nitrogens with one attached hydrogen (secondary N) is 1. The number of aliphatic hydroxyl groups excluding tert-OH is 1. The third-order valence-electron chi connectivity index (χ3n) is 4.89. The van der Waals surface area contributed by atoms with Crippen LogP contribution in [0, 0.1) is 11.3 Å². The molecule has 132 valence electrons. The Morgan fingerprint density at radius 2 is 2.50 bits per heavy atom. The van der Waals surface area contributed by atoms with Crippen LogP contribution in [0.3, 0.4) is 0 Å². The molecule has 1 aromatic heterocycles. The number of carbonyl (C=O) groups is 1. The van der Waals surface area contributed by atoms with Crippen LogP contribution in [0.15, 0.2) is 12.3 Å². The second-order valence-corrected chi connectivity index (χ2v) is 6.36. The summed E-state index contributed by atoms with van der Waals surface area (Å²) in [4.78, 5) is 23.3. The monoisotopic (exact) mass is 336 g/mol. The SMILES string of the molecule is COc1nccc(CN2CC3COCCC3(C(=O)NCCO)C2)n1. The van der Waals surface area contributed by atoms with Crippen molar-refractivity contribution >= 4 is 5.91 Å². The van der Waals surface area contributed by atoms with Crippen LogP contribution in [0.25, 0.3) is 0 Å². The molecular formula is C16H24N4O4. The van der Waals surface area contributed by atoms with Crippen LogP contribution < -0.4 is 10.1 Å². The van der Waals surface area contributed by atoms with E-state index in [0.717, 1.165) is 12.2 Å². The quantitative estimate of drug-likeness (QED) is 0.718. The second kappa shape index (κ2) is 7.42. The predicted octanol–water partition coefficient (Wildman–Crippen LogP) is -0.568. The molecule has 24 heavy (non-hydrogen) atoms. The van der Waals surface area contributed by atoms with Crippen molar-refractivity contribution < 1.29 is 19.4 Å². The second-order valence-electron chi connectivity index (χ2n) is 6.36. The van der Waals surface area contributed by atoms with Crippen LogP contribution in [0.2, 0.25) is 0 Å². The van der Waals surface area contributed by atoms with Gasteiger partial charge < -0.3 is 19.9 Å². The van der Waals surface area contributed by atoms with E-state index in [4.69, 9.17) is 14.6 Å². The van der Waals surface area contributed by atoms with Gasteiger partial charge in [0.1, 0.15) is 0 Å². The van der Waals surface area contributed by atoms with E-state index in [9.17, 15) is 4.79 Å². The molecule has 0 radical (unpaired) electrons. The Balaban J connectivity index is 1.72. The summed E-state index contributed by atoms with van der Waals surface area (Å²) in [6, 6.07) is 2.21. The number of carbonyl (C=O) groups excluding carboxylic acids is 1. The van der Waals surface area contributed by atoms with Gasteiger partial charge in [-0.3, -0.25) is 9.69 Å². The molecule has 3 heterocycles. The molecule has 8 nitrogen and oxygen atoms in total. The number of hydrogen-bond donors (Lipinski definition) is 2. The van der Waals surface area contributed by atoms with Gasteiger partial charge in [0.15, 0.2) is 0 Å². The van der Waals surface area contributed by atoms with Crippen LogP contribution in [-0.4, -0.2) is 72.4 Å². The van der Waals surface area contributed by atoms with Gasteiger partial charge in [0.2, 0.25) is 5.91 Å². The summed E-state index contributed by atoms with van der Waals surface area (Å²) in [7, 11) is 1.54. The maximum absolute atomic E-state index is 12.7. The average Bonchev–Trinajstić information content (AvgIpc) is 2.98. The number of aromatic nitrogens is 2. The molecule has 2 N–H and O–H groups in total. The molecule has 2 saturated heterocycles. The number of hydrogen-bond acceptors (Lipinski definition) is 7. The van der Waals surface area contributed by atoms with Crippen LogP contribution in [0.1, 0.15) is 12.1 Å². The maximum Gasteiger partial charge on any atom is 0.316 e. The molecule has 1 amide bonds. The zero-order valence-electron chi connectivity index (χ0n) is 13.9. The maximum atomic E-state index is 12.7. The Bertz CT molecular complexity index is 585. The highest BCUT2D eigenvalue weighted by atomic mass is 16.5. The van der Waals surface area contributed by atoms with Crippen molar-refractivity contribution in [3.8, 4) is 6.01 Å². The standard InChI is InChI=1S/C16H24N4O4/c1-23-15-18-4-2-13(19-15)9-20-8-12-10-24-7-3-16(12,11-20)14(22)17-5-6-21/h2,4,12,21H,3,5-11H2,1H3,(H,17,22). The zero-order valence-corrected chi connectivity index (χ0v) is 13.9. The van der Waals surface area contributed by atoms with Crippen molar-refractivity contribution in [1.82, 2.24) is 20.2 Å². The molecule has 0 aromatic carbocycles. The van der Waals surface area contributed by atoms with Crippen molar-refractivity contribution in [2.75, 3.05) is 46.6 Å². The van der Waals surface area contributed by atoms with Crippen molar-refractivity contribution in [2.24, 2.45) is 11.3 Å². The first-order chi connectivity index (χ1) is 11.7. The van der Waals surface area contributed by atoms with E-state index in [1.165, 1.54) is 0 Å². The van der Waals surface area contributed by atoms with Gasteiger partial charge in [0.05, 0.1) is 31.4 Å². The lowest BCUT2D eigenvalue weighted by Crippen LogP contribution is -2.51. The first kappa shape index (κ1) is 17.1. The molecule has 2 unspecified atom stereocenters. The fraction of sp³-hybridized carbons (Fsp3) is 0.688. The van der Waals surface area contributed by atoms with Crippen LogP contribution >= 0.6 is 0 Å². The number of methoxy groups -OCH3 is 1. The van der Waals surface area contributed by atoms with Gasteiger partial charge in [-0.25, -0.2) is 4.98 Å². The molecule has 2 atom stereocenters.